The van der Waals surface area contributed by atoms with E-state index in [9.17, 15) is 12.8 Å². The molecule has 0 saturated carbocycles. The molecule has 1 aliphatic heterocycles. The maximum absolute atomic E-state index is 13.5. The van der Waals surface area contributed by atoms with E-state index in [1.54, 1.807) is 18.2 Å². The van der Waals surface area contributed by atoms with Crippen LogP contribution < -0.4 is 0 Å². The first-order valence-electron chi connectivity index (χ1n) is 7.50. The van der Waals surface area contributed by atoms with Crippen molar-refractivity contribution in [3.8, 4) is 0 Å². The van der Waals surface area contributed by atoms with Crippen molar-refractivity contribution in [2.75, 3.05) is 6.54 Å². The van der Waals surface area contributed by atoms with Gasteiger partial charge in [0.15, 0.2) is 0 Å². The molecular weight excluding hydrogens is 351 g/mol. The second-order valence-corrected chi connectivity index (χ2v) is 8.19. The fraction of sp³-hybridized carbons (Fsp3) is 0.176. The maximum Gasteiger partial charge on any atom is 0.243 e. The molecule has 0 bridgehead atoms. The van der Waals surface area contributed by atoms with E-state index >= 15 is 0 Å². The Morgan fingerprint density at radius 3 is 2.62 bits per heavy atom. The van der Waals surface area contributed by atoms with Gasteiger partial charge in [0.2, 0.25) is 10.0 Å². The molecule has 3 aromatic rings. The van der Waals surface area contributed by atoms with Crippen LogP contribution >= 0.6 is 11.6 Å². The molecule has 4 nitrogen and oxygen atoms in total. The summed E-state index contributed by atoms with van der Waals surface area (Å²) < 4.78 is 40.5. The number of halogens is 2. The first kappa shape index (κ1) is 15.6. The average molecular weight is 365 g/mol. The van der Waals surface area contributed by atoms with Crippen molar-refractivity contribution >= 4 is 32.5 Å². The molecule has 0 unspecified atom stereocenters. The minimum Gasteiger partial charge on any atom is -0.357 e. The SMILES string of the molecule is O=S(=O)(c1ccc(Cl)cc1)N1CCc2c([nH]c3ccc(F)cc23)C1. The lowest BCUT2D eigenvalue weighted by atomic mass is 10.0. The molecule has 0 spiro atoms. The number of nitrogens with one attached hydrogen (secondary N) is 1. The summed E-state index contributed by atoms with van der Waals surface area (Å²) in [5.41, 5.74) is 2.64. The number of aromatic nitrogens is 1. The van der Waals surface area contributed by atoms with Crippen LogP contribution in [0.2, 0.25) is 5.02 Å². The van der Waals surface area contributed by atoms with Crippen molar-refractivity contribution in [3.63, 3.8) is 0 Å². The lowest BCUT2D eigenvalue weighted by Gasteiger charge is -2.26. The molecule has 7 heteroatoms. The molecule has 0 aliphatic carbocycles. The van der Waals surface area contributed by atoms with Crippen LogP contribution in [-0.4, -0.2) is 24.3 Å². The van der Waals surface area contributed by atoms with Crippen LogP contribution in [0.4, 0.5) is 4.39 Å². The predicted octanol–water partition coefficient (Wildman–Crippen LogP) is 3.71. The number of hydrogen-bond donors (Lipinski definition) is 1. The molecule has 0 atom stereocenters. The summed E-state index contributed by atoms with van der Waals surface area (Å²) in [5.74, 6) is -0.291. The fourth-order valence-electron chi connectivity index (χ4n) is 3.15. The molecule has 0 saturated heterocycles. The van der Waals surface area contributed by atoms with Crippen LogP contribution in [0.3, 0.4) is 0 Å². The van der Waals surface area contributed by atoms with Gasteiger partial charge >= 0.3 is 0 Å². The Morgan fingerprint density at radius 2 is 1.88 bits per heavy atom. The van der Waals surface area contributed by atoms with E-state index < -0.39 is 10.0 Å². The highest BCUT2D eigenvalue weighted by Crippen LogP contribution is 2.30. The number of aromatic amines is 1. The molecule has 1 N–H and O–H groups in total. The standard InChI is InChI=1S/C17H14ClFN2O2S/c18-11-1-4-13(5-2-11)24(22,23)21-8-7-14-15-9-12(19)3-6-16(15)20-17(14)10-21/h1-6,9,20H,7-8,10H2. The van der Waals surface area contributed by atoms with Gasteiger partial charge in [-0.1, -0.05) is 11.6 Å². The van der Waals surface area contributed by atoms with Gasteiger partial charge in [0.25, 0.3) is 0 Å². The van der Waals surface area contributed by atoms with Crippen LogP contribution in [0.15, 0.2) is 47.4 Å². The predicted molar refractivity (Wildman–Crippen MR) is 91.0 cm³/mol. The Balaban J connectivity index is 1.71. The number of sulfonamides is 1. The summed E-state index contributed by atoms with van der Waals surface area (Å²) in [7, 11) is -3.59. The van der Waals surface area contributed by atoms with Crippen molar-refractivity contribution in [2.24, 2.45) is 0 Å². The zero-order chi connectivity index (χ0) is 16.9. The second kappa shape index (κ2) is 5.58. The van der Waals surface area contributed by atoms with E-state index in [2.05, 4.69) is 4.98 Å². The number of hydrogen-bond acceptors (Lipinski definition) is 2. The van der Waals surface area contributed by atoms with E-state index in [0.29, 0.717) is 18.0 Å². The van der Waals surface area contributed by atoms with E-state index in [-0.39, 0.29) is 17.3 Å². The van der Waals surface area contributed by atoms with Gasteiger partial charge in [-0.15, -0.1) is 0 Å². The lowest BCUT2D eigenvalue weighted by Crippen LogP contribution is -2.35. The van der Waals surface area contributed by atoms with Gasteiger partial charge < -0.3 is 4.98 Å². The van der Waals surface area contributed by atoms with Crippen molar-refractivity contribution in [1.29, 1.82) is 0 Å². The number of benzene rings is 2. The molecule has 0 amide bonds. The van der Waals surface area contributed by atoms with Crippen molar-refractivity contribution in [2.45, 2.75) is 17.9 Å². The molecule has 2 heterocycles. The summed E-state index contributed by atoms with van der Waals surface area (Å²) in [6.45, 7) is 0.609. The fourth-order valence-corrected chi connectivity index (χ4v) is 4.68. The van der Waals surface area contributed by atoms with Gasteiger partial charge in [0.1, 0.15) is 5.82 Å². The second-order valence-electron chi connectivity index (χ2n) is 5.81. The normalized spacial score (nSPS) is 15.6. The van der Waals surface area contributed by atoms with Crippen LogP contribution in [-0.2, 0) is 23.0 Å². The summed E-state index contributed by atoms with van der Waals surface area (Å²) in [4.78, 5) is 3.43. The van der Waals surface area contributed by atoms with E-state index in [1.807, 2.05) is 0 Å². The zero-order valence-electron chi connectivity index (χ0n) is 12.6. The average Bonchev–Trinajstić information content (AvgIpc) is 2.92. The Hall–Kier alpha value is -1.89. The van der Waals surface area contributed by atoms with Crippen molar-refractivity contribution in [3.05, 3.63) is 64.6 Å². The Morgan fingerprint density at radius 1 is 1.12 bits per heavy atom. The van der Waals surface area contributed by atoms with E-state index in [4.69, 9.17) is 11.6 Å². The molecule has 2 aromatic carbocycles. The minimum absolute atomic E-state index is 0.220. The Bertz CT molecular complexity index is 1030. The summed E-state index contributed by atoms with van der Waals surface area (Å²) in [5, 5.41) is 1.32. The molecule has 0 fully saturated rings. The highest BCUT2D eigenvalue weighted by molar-refractivity contribution is 7.89. The quantitative estimate of drug-likeness (QED) is 0.753. The first-order chi connectivity index (χ1) is 11.4. The lowest BCUT2D eigenvalue weighted by molar-refractivity contribution is 0.388. The molecule has 4 rings (SSSR count). The highest BCUT2D eigenvalue weighted by Gasteiger charge is 2.30. The topological polar surface area (TPSA) is 53.2 Å². The number of rotatable bonds is 2. The third-order valence-electron chi connectivity index (χ3n) is 4.35. The van der Waals surface area contributed by atoms with E-state index in [1.165, 1.54) is 28.6 Å². The zero-order valence-corrected chi connectivity index (χ0v) is 14.2. The van der Waals surface area contributed by atoms with Gasteiger partial charge in [-0.25, -0.2) is 12.8 Å². The maximum atomic E-state index is 13.5. The van der Waals surface area contributed by atoms with Crippen molar-refractivity contribution in [1.82, 2.24) is 9.29 Å². The molecule has 1 aromatic heterocycles. The molecule has 24 heavy (non-hydrogen) atoms. The van der Waals surface area contributed by atoms with Crippen LogP contribution in [0.1, 0.15) is 11.3 Å². The minimum atomic E-state index is -3.59. The number of fused-ring (bicyclic) bond motifs is 3. The van der Waals surface area contributed by atoms with Gasteiger partial charge in [0.05, 0.1) is 11.4 Å². The number of H-pyrrole nitrogens is 1. The van der Waals surface area contributed by atoms with Crippen LogP contribution in [0, 0.1) is 5.82 Å². The van der Waals surface area contributed by atoms with Crippen LogP contribution in [0.25, 0.3) is 10.9 Å². The van der Waals surface area contributed by atoms with Gasteiger partial charge in [-0.2, -0.15) is 4.31 Å². The van der Waals surface area contributed by atoms with Gasteiger partial charge in [-0.05, 0) is 54.4 Å². The molecule has 124 valence electrons. The largest absolute Gasteiger partial charge is 0.357 e. The third-order valence-corrected chi connectivity index (χ3v) is 6.47. The summed E-state index contributed by atoms with van der Waals surface area (Å²) >= 11 is 5.83. The molecule has 1 aliphatic rings. The highest BCUT2D eigenvalue weighted by atomic mass is 35.5. The monoisotopic (exact) mass is 364 g/mol. The number of nitrogens with zero attached hydrogens (tertiary/aromatic N) is 1. The summed E-state index contributed by atoms with van der Waals surface area (Å²) in [6.07, 6.45) is 0.547. The first-order valence-corrected chi connectivity index (χ1v) is 9.31. The van der Waals surface area contributed by atoms with Crippen LogP contribution in [0.5, 0.6) is 0 Å². The summed E-state index contributed by atoms with van der Waals surface area (Å²) in [6, 6.07) is 10.7. The van der Waals surface area contributed by atoms with E-state index in [0.717, 1.165) is 22.2 Å². The molecule has 0 radical (unpaired) electrons. The Kier molecular flexibility index (Phi) is 3.63. The van der Waals surface area contributed by atoms with Gasteiger partial charge in [-0.3, -0.25) is 0 Å². The van der Waals surface area contributed by atoms with Crippen molar-refractivity contribution < 1.29 is 12.8 Å². The smallest absolute Gasteiger partial charge is 0.243 e. The van der Waals surface area contributed by atoms with Gasteiger partial charge in [0, 0.05) is 28.2 Å². The molecular formula is C17H14ClFN2O2S. The Labute approximate surface area is 143 Å². The third kappa shape index (κ3) is 2.51.